The Labute approximate surface area is 136 Å². The van der Waals surface area contributed by atoms with Crippen molar-refractivity contribution >= 4 is 28.7 Å². The van der Waals surface area contributed by atoms with E-state index in [1.54, 1.807) is 6.08 Å². The lowest BCUT2D eigenvalue weighted by Crippen LogP contribution is -2.32. The minimum Gasteiger partial charge on any atom is -0.444 e. The Morgan fingerprint density at radius 1 is 1.45 bits per heavy atom. The first-order valence-corrected chi connectivity index (χ1v) is 7.94. The van der Waals surface area contributed by atoms with E-state index in [-0.39, 0.29) is 0 Å². The summed E-state index contributed by atoms with van der Waals surface area (Å²) in [6, 6.07) is 7.54. The van der Waals surface area contributed by atoms with E-state index < -0.39 is 11.7 Å². The lowest BCUT2D eigenvalue weighted by molar-refractivity contribution is 0.0523. The topological polar surface area (TPSA) is 74.2 Å². The molecule has 0 aliphatic rings. The maximum absolute atomic E-state index is 11.6. The number of alkyl carbamates (subject to hydrolysis) is 1. The number of amidine groups is 1. The largest absolute Gasteiger partial charge is 0.444 e. The number of anilines is 1. The van der Waals surface area contributed by atoms with Gasteiger partial charge in [0, 0.05) is 18.0 Å². The molecule has 1 aromatic carbocycles. The summed E-state index contributed by atoms with van der Waals surface area (Å²) in [7, 11) is 0. The molecule has 22 heavy (non-hydrogen) atoms. The van der Waals surface area contributed by atoms with Crippen LogP contribution in [0.2, 0.25) is 0 Å². The molecule has 1 aromatic rings. The molecule has 0 aliphatic carbocycles. The van der Waals surface area contributed by atoms with Crippen molar-refractivity contribution in [3.05, 3.63) is 42.5 Å². The van der Waals surface area contributed by atoms with Crippen molar-refractivity contribution < 1.29 is 9.53 Å². The van der Waals surface area contributed by atoms with Crippen molar-refractivity contribution in [2.45, 2.75) is 32.9 Å². The van der Waals surface area contributed by atoms with Crippen LogP contribution in [0.4, 0.5) is 10.5 Å². The second kappa shape index (κ2) is 8.48. The molecule has 0 unspecified atom stereocenters. The number of carbonyl (C=O) groups excluding carboxylic acids is 1. The zero-order valence-electron chi connectivity index (χ0n) is 13.2. The summed E-state index contributed by atoms with van der Waals surface area (Å²) in [5.74, 6) is 0.686. The monoisotopic (exact) mass is 321 g/mol. The summed E-state index contributed by atoms with van der Waals surface area (Å²) in [6.45, 7) is 9.46. The minimum atomic E-state index is -0.509. The van der Waals surface area contributed by atoms with Gasteiger partial charge in [0.05, 0.1) is 0 Å². The Bertz CT molecular complexity index is 538. The lowest BCUT2D eigenvalue weighted by Gasteiger charge is -2.19. The van der Waals surface area contributed by atoms with E-state index in [0.717, 1.165) is 11.3 Å². The van der Waals surface area contributed by atoms with Crippen LogP contribution in [0.3, 0.4) is 0 Å². The van der Waals surface area contributed by atoms with Crippen molar-refractivity contribution in [3.8, 4) is 0 Å². The zero-order valence-corrected chi connectivity index (χ0v) is 14.0. The molecule has 0 aromatic heterocycles. The number of hydrogen-bond donors (Lipinski definition) is 3. The van der Waals surface area contributed by atoms with Crippen molar-refractivity contribution in [3.63, 3.8) is 0 Å². The number of carbonyl (C=O) groups is 1. The molecule has 120 valence electrons. The van der Waals surface area contributed by atoms with Gasteiger partial charge in [-0.25, -0.2) is 4.79 Å². The van der Waals surface area contributed by atoms with Gasteiger partial charge in [-0.05, 0) is 38.5 Å². The fourth-order valence-corrected chi connectivity index (χ4v) is 2.03. The van der Waals surface area contributed by atoms with E-state index >= 15 is 0 Å². The van der Waals surface area contributed by atoms with Crippen molar-refractivity contribution in [2.24, 2.45) is 0 Å². The summed E-state index contributed by atoms with van der Waals surface area (Å²) >= 11 is 1.37. The van der Waals surface area contributed by atoms with Crippen LogP contribution in [0, 0.1) is 5.41 Å². The van der Waals surface area contributed by atoms with Gasteiger partial charge in [0.2, 0.25) is 0 Å². The molecule has 1 rings (SSSR count). The van der Waals surface area contributed by atoms with Gasteiger partial charge in [-0.2, -0.15) is 0 Å². The van der Waals surface area contributed by atoms with Crippen molar-refractivity contribution in [1.29, 1.82) is 5.41 Å². The van der Waals surface area contributed by atoms with Crippen LogP contribution in [0.5, 0.6) is 0 Å². The summed E-state index contributed by atoms with van der Waals surface area (Å²) < 4.78 is 5.19. The molecule has 6 heteroatoms. The Morgan fingerprint density at radius 3 is 2.82 bits per heavy atom. The number of thioether (sulfide) groups is 1. The molecule has 0 bridgehead atoms. The molecule has 0 spiro atoms. The third-order valence-corrected chi connectivity index (χ3v) is 3.16. The van der Waals surface area contributed by atoms with Crippen LogP contribution >= 0.6 is 11.8 Å². The van der Waals surface area contributed by atoms with Gasteiger partial charge >= 0.3 is 6.09 Å². The molecule has 0 heterocycles. The van der Waals surface area contributed by atoms with E-state index in [1.165, 1.54) is 11.8 Å². The maximum Gasteiger partial charge on any atom is 0.407 e. The lowest BCUT2D eigenvalue weighted by atomic mass is 10.2. The first kappa shape index (κ1) is 18.1. The Hall–Kier alpha value is -1.95. The summed E-state index contributed by atoms with van der Waals surface area (Å²) in [5, 5.41) is 13.8. The predicted molar refractivity (Wildman–Crippen MR) is 93.5 cm³/mol. The molecule has 1 amide bonds. The first-order valence-electron chi connectivity index (χ1n) is 6.95. The van der Waals surface area contributed by atoms with Crippen molar-refractivity contribution in [1.82, 2.24) is 5.32 Å². The number of nitrogens with one attached hydrogen (secondary N) is 3. The van der Waals surface area contributed by atoms with Gasteiger partial charge in [0.1, 0.15) is 5.60 Å². The Kier molecular flexibility index (Phi) is 6.98. The second-order valence-electron chi connectivity index (χ2n) is 5.61. The fraction of sp³-hybridized carbons (Fsp3) is 0.375. The van der Waals surface area contributed by atoms with Gasteiger partial charge < -0.3 is 15.4 Å². The van der Waals surface area contributed by atoms with E-state index in [9.17, 15) is 4.79 Å². The third-order valence-electron chi connectivity index (χ3n) is 2.37. The molecule has 0 atom stereocenters. The summed E-state index contributed by atoms with van der Waals surface area (Å²) in [4.78, 5) is 11.6. The molecule has 0 saturated carbocycles. The van der Waals surface area contributed by atoms with Gasteiger partial charge in [-0.15, -0.1) is 6.58 Å². The van der Waals surface area contributed by atoms with Crippen LogP contribution in [0.15, 0.2) is 36.9 Å². The molecule has 3 N–H and O–H groups in total. The highest BCUT2D eigenvalue weighted by atomic mass is 32.2. The smallest absolute Gasteiger partial charge is 0.407 e. The number of benzene rings is 1. The molecule has 0 fully saturated rings. The fourth-order valence-electron chi connectivity index (χ4n) is 1.56. The standard InChI is InChI=1S/C16H23N3O2S/c1-5-9-22-14(17)19-13-8-6-7-12(10-13)11-18-15(20)21-16(2,3)4/h5-8,10H,1,9,11H2,2-4H3,(H2,17,19)(H,18,20). The molecular weight excluding hydrogens is 298 g/mol. The number of amides is 1. The normalized spacial score (nSPS) is 10.7. The molecule has 0 radical (unpaired) electrons. The summed E-state index contributed by atoms with van der Waals surface area (Å²) in [6.07, 6.45) is 1.31. The van der Waals surface area contributed by atoms with E-state index in [4.69, 9.17) is 10.1 Å². The van der Waals surface area contributed by atoms with Gasteiger partial charge in [0.15, 0.2) is 5.17 Å². The number of rotatable bonds is 5. The highest BCUT2D eigenvalue weighted by molar-refractivity contribution is 8.14. The maximum atomic E-state index is 11.6. The number of hydrogen-bond acceptors (Lipinski definition) is 4. The highest BCUT2D eigenvalue weighted by Gasteiger charge is 2.15. The van der Waals surface area contributed by atoms with Gasteiger partial charge in [-0.3, -0.25) is 5.41 Å². The van der Waals surface area contributed by atoms with Gasteiger partial charge in [0.25, 0.3) is 0 Å². The minimum absolute atomic E-state index is 0.358. The average Bonchev–Trinajstić information content (AvgIpc) is 2.41. The molecular formula is C16H23N3O2S. The van der Waals surface area contributed by atoms with E-state index in [0.29, 0.717) is 17.5 Å². The quantitative estimate of drug-likeness (QED) is 0.436. The predicted octanol–water partition coefficient (Wildman–Crippen LogP) is 3.98. The van der Waals surface area contributed by atoms with Crippen LogP contribution in [-0.2, 0) is 11.3 Å². The van der Waals surface area contributed by atoms with Crippen molar-refractivity contribution in [2.75, 3.05) is 11.1 Å². The average molecular weight is 321 g/mol. The number of ether oxygens (including phenoxy) is 1. The molecule has 0 saturated heterocycles. The van der Waals surface area contributed by atoms with Crippen LogP contribution in [-0.4, -0.2) is 22.6 Å². The van der Waals surface area contributed by atoms with E-state index in [2.05, 4.69) is 17.2 Å². The Balaban J connectivity index is 2.52. The highest BCUT2D eigenvalue weighted by Crippen LogP contribution is 2.14. The zero-order chi connectivity index (χ0) is 16.6. The van der Waals surface area contributed by atoms with Gasteiger partial charge in [-0.1, -0.05) is 30.0 Å². The second-order valence-corrected chi connectivity index (χ2v) is 6.64. The van der Waals surface area contributed by atoms with E-state index in [1.807, 2.05) is 45.0 Å². The SMILES string of the molecule is C=CCSC(=N)Nc1cccc(CNC(=O)OC(C)(C)C)c1. The molecule has 0 aliphatic heterocycles. The van der Waals surface area contributed by atoms with Crippen LogP contribution in [0.1, 0.15) is 26.3 Å². The third kappa shape index (κ3) is 7.73. The first-order chi connectivity index (χ1) is 10.3. The Morgan fingerprint density at radius 2 is 2.18 bits per heavy atom. The van der Waals surface area contributed by atoms with Crippen LogP contribution in [0.25, 0.3) is 0 Å². The summed E-state index contributed by atoms with van der Waals surface area (Å²) in [5.41, 5.74) is 1.23. The van der Waals surface area contributed by atoms with Crippen LogP contribution < -0.4 is 10.6 Å². The molecule has 5 nitrogen and oxygen atoms in total.